The molecule has 0 bridgehead atoms. The highest BCUT2D eigenvalue weighted by Crippen LogP contribution is 2.06. The zero-order valence-electron chi connectivity index (χ0n) is 11.5. The van der Waals surface area contributed by atoms with Crippen LogP contribution in [0, 0.1) is 6.92 Å². The number of nitrogens with one attached hydrogen (secondary N) is 2. The molecular weight excluding hydrogens is 258 g/mol. The smallest absolute Gasteiger partial charge is 0.270 e. The lowest BCUT2D eigenvalue weighted by Crippen LogP contribution is -2.24. The standard InChI is InChI=1S/C13H17N5O2/c1-3-6-14-10-4-5-11(15-7-10)13(19)16-8-12-17-9(2)20-18-12/h4-5,7,14H,3,6,8H2,1-2H3,(H,16,19). The fourth-order valence-corrected chi connectivity index (χ4v) is 1.57. The molecule has 2 N–H and O–H groups in total. The van der Waals surface area contributed by atoms with E-state index in [0.717, 1.165) is 18.7 Å². The van der Waals surface area contributed by atoms with Crippen LogP contribution in [0.4, 0.5) is 5.69 Å². The van der Waals surface area contributed by atoms with Crippen LogP contribution in [-0.2, 0) is 6.54 Å². The van der Waals surface area contributed by atoms with Crippen molar-refractivity contribution in [3.63, 3.8) is 0 Å². The molecule has 0 aromatic carbocycles. The topological polar surface area (TPSA) is 92.9 Å². The van der Waals surface area contributed by atoms with Crippen LogP contribution in [0.25, 0.3) is 0 Å². The molecule has 0 spiro atoms. The predicted octanol–water partition coefficient (Wildman–Crippen LogP) is 1.52. The van der Waals surface area contributed by atoms with Gasteiger partial charge in [-0.1, -0.05) is 12.1 Å². The number of carbonyl (C=O) groups is 1. The first-order valence-corrected chi connectivity index (χ1v) is 6.46. The van der Waals surface area contributed by atoms with Crippen LogP contribution in [0.2, 0.25) is 0 Å². The van der Waals surface area contributed by atoms with Gasteiger partial charge in [0, 0.05) is 13.5 Å². The van der Waals surface area contributed by atoms with E-state index in [9.17, 15) is 4.79 Å². The maximum Gasteiger partial charge on any atom is 0.270 e. The minimum atomic E-state index is -0.269. The van der Waals surface area contributed by atoms with Crippen LogP contribution >= 0.6 is 0 Å². The lowest BCUT2D eigenvalue weighted by molar-refractivity contribution is 0.0944. The Morgan fingerprint density at radius 1 is 1.40 bits per heavy atom. The number of anilines is 1. The number of hydrogen-bond acceptors (Lipinski definition) is 6. The second kappa shape index (κ2) is 6.65. The van der Waals surface area contributed by atoms with E-state index >= 15 is 0 Å². The Bertz CT molecular complexity index is 564. The highest BCUT2D eigenvalue weighted by molar-refractivity contribution is 5.92. The van der Waals surface area contributed by atoms with Crippen molar-refractivity contribution in [1.29, 1.82) is 0 Å². The number of rotatable bonds is 6. The van der Waals surface area contributed by atoms with Gasteiger partial charge in [0.1, 0.15) is 5.69 Å². The van der Waals surface area contributed by atoms with Crippen LogP contribution in [0.3, 0.4) is 0 Å². The molecule has 2 aromatic heterocycles. The maximum absolute atomic E-state index is 11.9. The third kappa shape index (κ3) is 3.78. The SMILES string of the molecule is CCCNc1ccc(C(=O)NCc2noc(C)n2)nc1. The third-order valence-electron chi connectivity index (χ3n) is 2.55. The Balaban J connectivity index is 1.88. The van der Waals surface area contributed by atoms with Crippen molar-refractivity contribution in [3.05, 3.63) is 35.7 Å². The molecule has 2 rings (SSSR count). The van der Waals surface area contributed by atoms with Gasteiger partial charge in [-0.05, 0) is 18.6 Å². The van der Waals surface area contributed by atoms with E-state index in [-0.39, 0.29) is 12.5 Å². The van der Waals surface area contributed by atoms with Crippen LogP contribution in [0.1, 0.15) is 35.5 Å². The molecule has 2 heterocycles. The lowest BCUT2D eigenvalue weighted by atomic mass is 10.3. The minimum Gasteiger partial charge on any atom is -0.384 e. The molecule has 106 valence electrons. The Morgan fingerprint density at radius 2 is 2.25 bits per heavy atom. The van der Waals surface area contributed by atoms with Gasteiger partial charge in [0.2, 0.25) is 5.89 Å². The summed E-state index contributed by atoms with van der Waals surface area (Å²) in [6, 6.07) is 3.50. The molecule has 0 aliphatic rings. The average Bonchev–Trinajstić information content (AvgIpc) is 2.89. The molecule has 0 aliphatic carbocycles. The van der Waals surface area contributed by atoms with Gasteiger partial charge in [0.15, 0.2) is 5.82 Å². The van der Waals surface area contributed by atoms with E-state index in [1.165, 1.54) is 0 Å². The summed E-state index contributed by atoms with van der Waals surface area (Å²) in [5.74, 6) is 0.644. The predicted molar refractivity (Wildman–Crippen MR) is 73.2 cm³/mol. The highest BCUT2D eigenvalue weighted by atomic mass is 16.5. The lowest BCUT2D eigenvalue weighted by Gasteiger charge is -2.05. The Labute approximate surface area is 116 Å². The van der Waals surface area contributed by atoms with Crippen LogP contribution in [0.5, 0.6) is 0 Å². The van der Waals surface area contributed by atoms with E-state index < -0.39 is 0 Å². The summed E-state index contributed by atoms with van der Waals surface area (Å²) in [6.45, 7) is 4.88. The number of aromatic nitrogens is 3. The number of nitrogens with zero attached hydrogens (tertiary/aromatic N) is 3. The largest absolute Gasteiger partial charge is 0.384 e. The first-order valence-electron chi connectivity index (χ1n) is 6.46. The van der Waals surface area contributed by atoms with Crippen molar-refractivity contribution in [1.82, 2.24) is 20.4 Å². The van der Waals surface area contributed by atoms with Gasteiger partial charge in [0.05, 0.1) is 18.4 Å². The third-order valence-corrected chi connectivity index (χ3v) is 2.55. The van der Waals surface area contributed by atoms with Gasteiger partial charge in [-0.3, -0.25) is 4.79 Å². The number of hydrogen-bond donors (Lipinski definition) is 2. The second-order valence-corrected chi connectivity index (χ2v) is 4.27. The van der Waals surface area contributed by atoms with E-state index in [4.69, 9.17) is 4.52 Å². The summed E-state index contributed by atoms with van der Waals surface area (Å²) in [4.78, 5) is 20.0. The van der Waals surface area contributed by atoms with Crippen LogP contribution in [-0.4, -0.2) is 27.6 Å². The normalized spacial score (nSPS) is 10.3. The fourth-order valence-electron chi connectivity index (χ4n) is 1.57. The molecule has 0 fully saturated rings. The van der Waals surface area contributed by atoms with Gasteiger partial charge in [-0.2, -0.15) is 4.98 Å². The van der Waals surface area contributed by atoms with Crippen molar-refractivity contribution in [2.45, 2.75) is 26.8 Å². The van der Waals surface area contributed by atoms with Crippen molar-refractivity contribution in [2.24, 2.45) is 0 Å². The molecule has 0 atom stereocenters. The van der Waals surface area contributed by atoms with Crippen molar-refractivity contribution < 1.29 is 9.32 Å². The number of carbonyl (C=O) groups excluding carboxylic acids is 1. The van der Waals surface area contributed by atoms with Gasteiger partial charge >= 0.3 is 0 Å². The zero-order chi connectivity index (χ0) is 14.4. The highest BCUT2D eigenvalue weighted by Gasteiger charge is 2.09. The second-order valence-electron chi connectivity index (χ2n) is 4.27. The summed E-state index contributed by atoms with van der Waals surface area (Å²) < 4.78 is 4.82. The van der Waals surface area contributed by atoms with Crippen molar-refractivity contribution in [2.75, 3.05) is 11.9 Å². The molecule has 0 radical (unpaired) electrons. The molecule has 7 heteroatoms. The van der Waals surface area contributed by atoms with Crippen LogP contribution in [0.15, 0.2) is 22.9 Å². The van der Waals surface area contributed by atoms with Gasteiger partial charge in [-0.15, -0.1) is 0 Å². The van der Waals surface area contributed by atoms with Gasteiger partial charge in [-0.25, -0.2) is 4.98 Å². The van der Waals surface area contributed by atoms with E-state index in [1.807, 2.05) is 6.07 Å². The van der Waals surface area contributed by atoms with Crippen molar-refractivity contribution in [3.8, 4) is 0 Å². The minimum absolute atomic E-state index is 0.216. The first kappa shape index (κ1) is 14.0. The number of aryl methyl sites for hydroxylation is 1. The summed E-state index contributed by atoms with van der Waals surface area (Å²) in [6.07, 6.45) is 2.68. The van der Waals surface area contributed by atoms with Crippen molar-refractivity contribution >= 4 is 11.6 Å². The molecule has 1 amide bonds. The van der Waals surface area contributed by atoms with E-state index in [0.29, 0.717) is 17.4 Å². The van der Waals surface area contributed by atoms with Gasteiger partial charge < -0.3 is 15.2 Å². The zero-order valence-corrected chi connectivity index (χ0v) is 11.5. The summed E-state index contributed by atoms with van der Waals surface area (Å²) in [5.41, 5.74) is 1.25. The fraction of sp³-hybridized carbons (Fsp3) is 0.385. The molecule has 2 aromatic rings. The molecule has 0 aliphatic heterocycles. The van der Waals surface area contributed by atoms with E-state index in [2.05, 4.69) is 32.7 Å². The quantitative estimate of drug-likeness (QED) is 0.830. The summed E-state index contributed by atoms with van der Waals surface area (Å²) in [5, 5.41) is 9.58. The molecular formula is C13H17N5O2. The Kier molecular flexibility index (Phi) is 4.65. The maximum atomic E-state index is 11.9. The summed E-state index contributed by atoms with van der Waals surface area (Å²) >= 11 is 0. The Hall–Kier alpha value is -2.44. The van der Waals surface area contributed by atoms with Gasteiger partial charge in [0.25, 0.3) is 5.91 Å². The summed E-state index contributed by atoms with van der Waals surface area (Å²) in [7, 11) is 0. The molecule has 0 unspecified atom stereocenters. The molecule has 20 heavy (non-hydrogen) atoms. The number of amides is 1. The molecule has 0 saturated carbocycles. The number of pyridine rings is 1. The van der Waals surface area contributed by atoms with E-state index in [1.54, 1.807) is 19.2 Å². The molecule has 0 saturated heterocycles. The Morgan fingerprint density at radius 3 is 2.85 bits per heavy atom. The van der Waals surface area contributed by atoms with Crippen LogP contribution < -0.4 is 10.6 Å². The average molecular weight is 275 g/mol. The monoisotopic (exact) mass is 275 g/mol. The molecule has 7 nitrogen and oxygen atoms in total. The first-order chi connectivity index (χ1) is 9.69.